The SMILES string of the molecule is Cc1ccc(C(C)C)c(Oc2nc(Br)cs2)c1. The molecule has 0 amide bonds. The molecule has 1 aromatic heterocycles. The van der Waals surface area contributed by atoms with Crippen LogP contribution >= 0.6 is 27.3 Å². The molecule has 0 aliphatic heterocycles. The summed E-state index contributed by atoms with van der Waals surface area (Å²) in [5, 5.41) is 2.59. The molecule has 2 nitrogen and oxygen atoms in total. The van der Waals surface area contributed by atoms with Gasteiger partial charge in [-0.3, -0.25) is 0 Å². The summed E-state index contributed by atoms with van der Waals surface area (Å²) in [6, 6.07) is 6.29. The van der Waals surface area contributed by atoms with Gasteiger partial charge in [-0.15, -0.1) is 0 Å². The lowest BCUT2D eigenvalue weighted by Crippen LogP contribution is -1.94. The van der Waals surface area contributed by atoms with E-state index in [0.717, 1.165) is 10.4 Å². The standard InChI is InChI=1S/C13H14BrNOS/c1-8(2)10-5-4-9(3)6-11(10)16-13-15-12(14)7-17-13/h4-8H,1-3H3. The number of aromatic nitrogens is 1. The highest BCUT2D eigenvalue weighted by atomic mass is 79.9. The second-order valence-corrected chi connectivity index (χ2v) is 5.87. The molecule has 0 saturated carbocycles. The molecule has 0 unspecified atom stereocenters. The summed E-state index contributed by atoms with van der Waals surface area (Å²) in [5.74, 6) is 1.34. The van der Waals surface area contributed by atoms with Crippen molar-refractivity contribution in [1.82, 2.24) is 4.98 Å². The van der Waals surface area contributed by atoms with Gasteiger partial charge in [0.25, 0.3) is 5.19 Å². The van der Waals surface area contributed by atoms with Crippen molar-refractivity contribution in [2.75, 3.05) is 0 Å². The third-order valence-corrected chi connectivity index (χ3v) is 3.87. The highest BCUT2D eigenvalue weighted by molar-refractivity contribution is 9.10. The quantitative estimate of drug-likeness (QED) is 0.784. The minimum atomic E-state index is 0.439. The molecule has 0 aliphatic carbocycles. The third-order valence-electron chi connectivity index (χ3n) is 2.44. The minimum Gasteiger partial charge on any atom is -0.431 e. The Hall–Kier alpha value is -0.870. The molecule has 0 radical (unpaired) electrons. The van der Waals surface area contributed by atoms with Crippen molar-refractivity contribution < 1.29 is 4.74 Å². The van der Waals surface area contributed by atoms with Crippen LogP contribution in [0.4, 0.5) is 0 Å². The van der Waals surface area contributed by atoms with Crippen molar-refractivity contribution in [3.63, 3.8) is 0 Å². The largest absolute Gasteiger partial charge is 0.431 e. The first-order valence-electron chi connectivity index (χ1n) is 5.45. The fourth-order valence-corrected chi connectivity index (χ4v) is 2.69. The molecule has 4 heteroatoms. The topological polar surface area (TPSA) is 22.1 Å². The summed E-state index contributed by atoms with van der Waals surface area (Å²) < 4.78 is 6.67. The van der Waals surface area contributed by atoms with Crippen LogP contribution in [0.5, 0.6) is 10.9 Å². The van der Waals surface area contributed by atoms with Gasteiger partial charge in [0.2, 0.25) is 0 Å². The van der Waals surface area contributed by atoms with Crippen molar-refractivity contribution >= 4 is 27.3 Å². The van der Waals surface area contributed by atoms with Crippen molar-refractivity contribution in [3.8, 4) is 10.9 Å². The first-order valence-corrected chi connectivity index (χ1v) is 7.13. The second-order valence-electron chi connectivity index (χ2n) is 4.23. The van der Waals surface area contributed by atoms with Crippen molar-refractivity contribution in [2.45, 2.75) is 26.7 Å². The predicted molar refractivity (Wildman–Crippen MR) is 75.2 cm³/mol. The monoisotopic (exact) mass is 311 g/mol. The smallest absolute Gasteiger partial charge is 0.279 e. The lowest BCUT2D eigenvalue weighted by Gasteiger charge is -2.12. The number of hydrogen-bond acceptors (Lipinski definition) is 3. The Balaban J connectivity index is 2.33. The fraction of sp³-hybridized carbons (Fsp3) is 0.308. The number of hydrogen-bond donors (Lipinski definition) is 0. The third kappa shape index (κ3) is 3.07. The van der Waals surface area contributed by atoms with E-state index in [2.05, 4.69) is 59.9 Å². The molecule has 0 spiro atoms. The van der Waals surface area contributed by atoms with E-state index in [0.29, 0.717) is 11.1 Å². The number of benzene rings is 1. The summed E-state index contributed by atoms with van der Waals surface area (Å²) in [5.41, 5.74) is 2.40. The predicted octanol–water partition coefficient (Wildman–Crippen LogP) is 5.13. The van der Waals surface area contributed by atoms with Crippen LogP contribution in [0.3, 0.4) is 0 Å². The number of aryl methyl sites for hydroxylation is 1. The fourth-order valence-electron chi connectivity index (χ4n) is 1.59. The van der Waals surface area contributed by atoms with Crippen LogP contribution in [0.2, 0.25) is 0 Å². The molecule has 2 rings (SSSR count). The number of rotatable bonds is 3. The number of thiazole rings is 1. The average Bonchev–Trinajstić information content (AvgIpc) is 2.63. The zero-order valence-electron chi connectivity index (χ0n) is 10.0. The molecule has 0 N–H and O–H groups in total. The van der Waals surface area contributed by atoms with Gasteiger partial charge in [0.1, 0.15) is 10.4 Å². The van der Waals surface area contributed by atoms with Crippen LogP contribution in [-0.4, -0.2) is 4.98 Å². The van der Waals surface area contributed by atoms with Gasteiger partial charge in [-0.05, 0) is 46.0 Å². The van der Waals surface area contributed by atoms with Crippen molar-refractivity contribution in [2.24, 2.45) is 0 Å². The lowest BCUT2D eigenvalue weighted by atomic mass is 10.0. The molecule has 0 fully saturated rings. The Kier molecular flexibility index (Phi) is 3.84. The van der Waals surface area contributed by atoms with E-state index >= 15 is 0 Å². The Morgan fingerprint density at radius 1 is 1.35 bits per heavy atom. The van der Waals surface area contributed by atoms with Gasteiger partial charge in [0.15, 0.2) is 0 Å². The van der Waals surface area contributed by atoms with Gasteiger partial charge in [0.05, 0.1) is 0 Å². The molecule has 0 saturated heterocycles. The zero-order chi connectivity index (χ0) is 12.4. The summed E-state index contributed by atoms with van der Waals surface area (Å²) in [6.45, 7) is 6.39. The Labute approximate surface area is 114 Å². The van der Waals surface area contributed by atoms with Gasteiger partial charge in [-0.2, -0.15) is 4.98 Å². The first kappa shape index (κ1) is 12.6. The second kappa shape index (κ2) is 5.19. The Morgan fingerprint density at radius 3 is 2.71 bits per heavy atom. The van der Waals surface area contributed by atoms with E-state index < -0.39 is 0 Å². The molecule has 0 atom stereocenters. The van der Waals surface area contributed by atoms with Crippen LogP contribution in [0, 0.1) is 6.92 Å². The Morgan fingerprint density at radius 2 is 2.12 bits per heavy atom. The number of halogens is 1. The molecule has 1 aromatic carbocycles. The van der Waals surface area contributed by atoms with E-state index in [4.69, 9.17) is 4.74 Å². The molecule has 0 aliphatic rings. The molecular formula is C13H14BrNOS. The van der Waals surface area contributed by atoms with Crippen LogP contribution in [-0.2, 0) is 0 Å². The van der Waals surface area contributed by atoms with E-state index in [9.17, 15) is 0 Å². The van der Waals surface area contributed by atoms with Crippen molar-refractivity contribution in [3.05, 3.63) is 39.3 Å². The molecule has 2 aromatic rings. The lowest BCUT2D eigenvalue weighted by molar-refractivity contribution is 0.468. The van der Waals surface area contributed by atoms with E-state index in [1.807, 2.05) is 5.38 Å². The normalized spacial score (nSPS) is 10.9. The average molecular weight is 312 g/mol. The molecule has 0 bridgehead atoms. The van der Waals surface area contributed by atoms with E-state index in [-0.39, 0.29) is 0 Å². The first-order chi connectivity index (χ1) is 8.06. The van der Waals surface area contributed by atoms with E-state index in [1.165, 1.54) is 22.5 Å². The van der Waals surface area contributed by atoms with Gasteiger partial charge < -0.3 is 4.74 Å². The van der Waals surface area contributed by atoms with Gasteiger partial charge >= 0.3 is 0 Å². The van der Waals surface area contributed by atoms with Gasteiger partial charge in [-0.25, -0.2) is 0 Å². The van der Waals surface area contributed by atoms with Gasteiger partial charge in [-0.1, -0.05) is 37.3 Å². The van der Waals surface area contributed by atoms with Crippen molar-refractivity contribution in [1.29, 1.82) is 0 Å². The molecular weight excluding hydrogens is 298 g/mol. The molecule has 17 heavy (non-hydrogen) atoms. The highest BCUT2D eigenvalue weighted by Crippen LogP contribution is 2.33. The van der Waals surface area contributed by atoms with Crippen LogP contribution in [0.1, 0.15) is 30.9 Å². The maximum Gasteiger partial charge on any atom is 0.279 e. The van der Waals surface area contributed by atoms with Gasteiger partial charge in [0, 0.05) is 5.38 Å². The Bertz CT molecular complexity index is 522. The zero-order valence-corrected chi connectivity index (χ0v) is 12.4. The summed E-state index contributed by atoms with van der Waals surface area (Å²) in [4.78, 5) is 4.25. The number of nitrogens with zero attached hydrogens (tertiary/aromatic N) is 1. The van der Waals surface area contributed by atoms with Crippen LogP contribution in [0.15, 0.2) is 28.2 Å². The summed E-state index contributed by atoms with van der Waals surface area (Å²) in [7, 11) is 0. The van der Waals surface area contributed by atoms with Crippen LogP contribution < -0.4 is 4.74 Å². The maximum atomic E-state index is 5.85. The summed E-state index contributed by atoms with van der Waals surface area (Å²) >= 11 is 4.82. The highest BCUT2D eigenvalue weighted by Gasteiger charge is 2.10. The number of ether oxygens (including phenoxy) is 1. The molecule has 1 heterocycles. The minimum absolute atomic E-state index is 0.439. The maximum absolute atomic E-state index is 5.85. The van der Waals surface area contributed by atoms with Crippen LogP contribution in [0.25, 0.3) is 0 Å². The summed E-state index contributed by atoms with van der Waals surface area (Å²) in [6.07, 6.45) is 0. The van der Waals surface area contributed by atoms with E-state index in [1.54, 1.807) is 0 Å². The molecule has 90 valence electrons.